The second-order valence-electron chi connectivity index (χ2n) is 2.73. The van der Waals surface area contributed by atoms with Crippen LogP contribution in [0.25, 0.3) is 11.4 Å². The highest BCUT2D eigenvalue weighted by atomic mass is 16.5. The highest BCUT2D eigenvalue weighted by Gasteiger charge is 2.09. The summed E-state index contributed by atoms with van der Waals surface area (Å²) in [7, 11) is 0. The zero-order chi connectivity index (χ0) is 9.97. The Morgan fingerprint density at radius 3 is 2.86 bits per heavy atom. The van der Waals surface area contributed by atoms with Crippen molar-refractivity contribution >= 4 is 5.78 Å². The Morgan fingerprint density at radius 2 is 2.29 bits per heavy atom. The third kappa shape index (κ3) is 1.52. The minimum Gasteiger partial charge on any atom is -0.352 e. The number of Topliss-reactive ketones (excluding diaryl/α,β-unsaturated/α-hetero) is 1. The van der Waals surface area contributed by atoms with Crippen molar-refractivity contribution in [1.82, 2.24) is 15.1 Å². The monoisotopic (exact) mass is 189 g/mol. The van der Waals surface area contributed by atoms with Crippen molar-refractivity contribution < 1.29 is 9.32 Å². The second-order valence-corrected chi connectivity index (χ2v) is 2.73. The van der Waals surface area contributed by atoms with Gasteiger partial charge in [-0.1, -0.05) is 5.16 Å². The molecule has 2 aromatic rings. The number of aromatic nitrogens is 3. The molecule has 2 heterocycles. The maximum Gasteiger partial charge on any atom is 0.202 e. The molecule has 0 N–H and O–H groups in total. The number of ketones is 1. The molecule has 0 fully saturated rings. The largest absolute Gasteiger partial charge is 0.352 e. The molecule has 0 spiro atoms. The molecule has 5 heteroatoms. The van der Waals surface area contributed by atoms with Gasteiger partial charge in [0.25, 0.3) is 0 Å². The van der Waals surface area contributed by atoms with Crippen LogP contribution in [0.15, 0.2) is 29.2 Å². The van der Waals surface area contributed by atoms with E-state index in [1.54, 1.807) is 18.3 Å². The quantitative estimate of drug-likeness (QED) is 0.666. The van der Waals surface area contributed by atoms with E-state index in [1.165, 1.54) is 13.3 Å². The van der Waals surface area contributed by atoms with E-state index in [0.29, 0.717) is 11.4 Å². The molecule has 2 rings (SSSR count). The Hall–Kier alpha value is -2.04. The Bertz CT molecular complexity index is 450. The zero-order valence-electron chi connectivity index (χ0n) is 7.47. The molecule has 0 atom stereocenters. The third-order valence-electron chi connectivity index (χ3n) is 1.70. The smallest absolute Gasteiger partial charge is 0.202 e. The van der Waals surface area contributed by atoms with Crippen molar-refractivity contribution in [3.63, 3.8) is 0 Å². The normalized spacial score (nSPS) is 10.1. The molecule has 0 unspecified atom stereocenters. The number of hydrogen-bond donors (Lipinski definition) is 0. The first-order valence-electron chi connectivity index (χ1n) is 4.01. The van der Waals surface area contributed by atoms with Crippen LogP contribution in [0, 0.1) is 0 Å². The topological polar surface area (TPSA) is 68.9 Å². The lowest BCUT2D eigenvalue weighted by atomic mass is 10.2. The highest BCUT2D eigenvalue weighted by molar-refractivity contribution is 5.92. The van der Waals surface area contributed by atoms with Crippen LogP contribution in [-0.2, 0) is 0 Å². The summed E-state index contributed by atoms with van der Waals surface area (Å²) in [5.41, 5.74) is 1.17. The van der Waals surface area contributed by atoms with Crippen molar-refractivity contribution in [2.24, 2.45) is 0 Å². The van der Waals surface area contributed by atoms with Gasteiger partial charge in [0.2, 0.25) is 5.76 Å². The summed E-state index contributed by atoms with van der Waals surface area (Å²) < 4.78 is 4.82. The maximum atomic E-state index is 10.9. The van der Waals surface area contributed by atoms with Gasteiger partial charge in [-0.05, 0) is 6.07 Å². The molecular weight excluding hydrogens is 182 g/mol. The molecule has 0 aromatic carbocycles. The summed E-state index contributed by atoms with van der Waals surface area (Å²) >= 11 is 0. The number of rotatable bonds is 2. The van der Waals surface area contributed by atoms with Crippen molar-refractivity contribution in [2.45, 2.75) is 6.92 Å². The first-order chi connectivity index (χ1) is 6.77. The fourth-order valence-electron chi connectivity index (χ4n) is 1.00. The minimum atomic E-state index is -0.155. The van der Waals surface area contributed by atoms with Gasteiger partial charge in [-0.2, -0.15) is 0 Å². The molecule has 0 aliphatic carbocycles. The van der Waals surface area contributed by atoms with Crippen LogP contribution in [0.1, 0.15) is 17.5 Å². The SMILES string of the molecule is CC(=O)c1cc(-c2ccncn2)no1. The van der Waals surface area contributed by atoms with Crippen molar-refractivity contribution in [3.8, 4) is 11.4 Å². The Kier molecular flexibility index (Phi) is 2.06. The van der Waals surface area contributed by atoms with Crippen LogP contribution < -0.4 is 0 Å². The third-order valence-corrected chi connectivity index (χ3v) is 1.70. The predicted octanol–water partition coefficient (Wildman–Crippen LogP) is 1.33. The lowest BCUT2D eigenvalue weighted by Gasteiger charge is -1.89. The van der Waals surface area contributed by atoms with Crippen LogP contribution >= 0.6 is 0 Å². The fraction of sp³-hybridized carbons (Fsp3) is 0.111. The molecule has 0 saturated heterocycles. The second kappa shape index (κ2) is 3.37. The van der Waals surface area contributed by atoms with E-state index in [0.717, 1.165) is 0 Å². The molecule has 0 radical (unpaired) electrons. The summed E-state index contributed by atoms with van der Waals surface area (Å²) in [6.45, 7) is 1.42. The van der Waals surface area contributed by atoms with Crippen LogP contribution in [0.4, 0.5) is 0 Å². The summed E-state index contributed by atoms with van der Waals surface area (Å²) in [6, 6.07) is 3.26. The van der Waals surface area contributed by atoms with Gasteiger partial charge in [-0.15, -0.1) is 0 Å². The lowest BCUT2D eigenvalue weighted by Crippen LogP contribution is -1.86. The molecule has 0 saturated carbocycles. The van der Waals surface area contributed by atoms with Crippen molar-refractivity contribution in [1.29, 1.82) is 0 Å². The Morgan fingerprint density at radius 1 is 1.43 bits per heavy atom. The predicted molar refractivity (Wildman–Crippen MR) is 47.5 cm³/mol. The number of carbonyl (C=O) groups excluding carboxylic acids is 1. The van der Waals surface area contributed by atoms with Crippen LogP contribution in [0.3, 0.4) is 0 Å². The van der Waals surface area contributed by atoms with Gasteiger partial charge in [-0.25, -0.2) is 9.97 Å². The lowest BCUT2D eigenvalue weighted by molar-refractivity contribution is 0.0978. The van der Waals surface area contributed by atoms with E-state index in [9.17, 15) is 4.79 Å². The van der Waals surface area contributed by atoms with E-state index in [-0.39, 0.29) is 11.5 Å². The first-order valence-corrected chi connectivity index (χ1v) is 4.01. The van der Waals surface area contributed by atoms with E-state index < -0.39 is 0 Å². The Labute approximate surface area is 79.8 Å². The summed E-state index contributed by atoms with van der Waals surface area (Å²) in [4.78, 5) is 18.7. The van der Waals surface area contributed by atoms with E-state index in [2.05, 4.69) is 15.1 Å². The van der Waals surface area contributed by atoms with E-state index in [1.807, 2.05) is 0 Å². The van der Waals surface area contributed by atoms with E-state index in [4.69, 9.17) is 4.52 Å². The fourth-order valence-corrected chi connectivity index (χ4v) is 1.00. The highest BCUT2D eigenvalue weighted by Crippen LogP contribution is 2.15. The van der Waals surface area contributed by atoms with Crippen molar-refractivity contribution in [3.05, 3.63) is 30.4 Å². The van der Waals surface area contributed by atoms with Crippen LogP contribution in [0.2, 0.25) is 0 Å². The molecule has 5 nitrogen and oxygen atoms in total. The summed E-state index contributed by atoms with van der Waals surface area (Å²) in [5.74, 6) is 0.0800. The summed E-state index contributed by atoms with van der Waals surface area (Å²) in [6.07, 6.45) is 3.02. The van der Waals surface area contributed by atoms with Gasteiger partial charge in [0.05, 0.1) is 5.69 Å². The number of hydrogen-bond acceptors (Lipinski definition) is 5. The van der Waals surface area contributed by atoms with E-state index >= 15 is 0 Å². The summed E-state index contributed by atoms with van der Waals surface area (Å²) in [5, 5.41) is 3.72. The van der Waals surface area contributed by atoms with Gasteiger partial charge in [0.15, 0.2) is 5.78 Å². The molecule has 0 bridgehead atoms. The standard InChI is InChI=1S/C9H7N3O2/c1-6(13)9-4-8(12-14-9)7-2-3-10-5-11-7/h2-5H,1H3. The van der Waals surface area contributed by atoms with Gasteiger partial charge in [0, 0.05) is 19.2 Å². The molecular formula is C9H7N3O2. The molecule has 2 aromatic heterocycles. The van der Waals surface area contributed by atoms with Gasteiger partial charge in [0.1, 0.15) is 12.0 Å². The van der Waals surface area contributed by atoms with Crippen LogP contribution in [0.5, 0.6) is 0 Å². The number of nitrogens with zero attached hydrogens (tertiary/aromatic N) is 3. The first kappa shape index (κ1) is 8.55. The molecule has 0 aliphatic heterocycles. The molecule has 70 valence electrons. The molecule has 0 aliphatic rings. The van der Waals surface area contributed by atoms with Crippen molar-refractivity contribution in [2.75, 3.05) is 0 Å². The Balaban J connectivity index is 2.39. The molecule has 0 amide bonds. The average molecular weight is 189 g/mol. The van der Waals surface area contributed by atoms with Crippen LogP contribution in [-0.4, -0.2) is 20.9 Å². The minimum absolute atomic E-state index is 0.155. The zero-order valence-corrected chi connectivity index (χ0v) is 7.47. The van der Waals surface area contributed by atoms with Gasteiger partial charge >= 0.3 is 0 Å². The maximum absolute atomic E-state index is 10.9. The van der Waals surface area contributed by atoms with Gasteiger partial charge < -0.3 is 4.52 Å². The van der Waals surface area contributed by atoms with Gasteiger partial charge in [-0.3, -0.25) is 4.79 Å². The molecule has 14 heavy (non-hydrogen) atoms. The number of carbonyl (C=O) groups is 1. The average Bonchev–Trinajstić information content (AvgIpc) is 2.68.